The molecule has 172 valence electrons. The van der Waals surface area contributed by atoms with Gasteiger partial charge in [-0.1, -0.05) is 24.3 Å². The Morgan fingerprint density at radius 3 is 2.33 bits per heavy atom. The summed E-state index contributed by atoms with van der Waals surface area (Å²) in [5.41, 5.74) is 3.16. The van der Waals surface area contributed by atoms with Crippen molar-refractivity contribution in [3.8, 4) is 5.75 Å². The summed E-state index contributed by atoms with van der Waals surface area (Å²) in [7, 11) is 3.64. The van der Waals surface area contributed by atoms with Crippen LogP contribution in [-0.4, -0.2) is 51.2 Å². The second-order valence-corrected chi connectivity index (χ2v) is 7.59. The number of methoxy groups -OCH3 is 1. The zero-order valence-corrected chi connectivity index (χ0v) is 19.5. The maximum atomic E-state index is 5.23. The second-order valence-electron chi connectivity index (χ2n) is 7.59. The Kier molecular flexibility index (Phi) is 6.87. The number of hydrogen-bond acceptors (Lipinski definition) is 8. The van der Waals surface area contributed by atoms with Gasteiger partial charge in [0.2, 0.25) is 23.8 Å². The molecule has 4 aromatic rings. The van der Waals surface area contributed by atoms with E-state index in [4.69, 9.17) is 4.74 Å². The first-order chi connectivity index (χ1) is 16.1. The number of nitrogens with zero attached hydrogens (tertiary/aromatic N) is 6. The number of rotatable bonds is 10. The molecule has 0 fully saturated rings. The molecule has 0 bridgehead atoms. The van der Waals surface area contributed by atoms with Gasteiger partial charge in [0, 0.05) is 26.7 Å². The van der Waals surface area contributed by atoms with Gasteiger partial charge in [-0.3, -0.25) is 5.32 Å². The summed E-state index contributed by atoms with van der Waals surface area (Å²) < 4.78 is 7.22. The van der Waals surface area contributed by atoms with E-state index in [9.17, 15) is 0 Å². The fourth-order valence-electron chi connectivity index (χ4n) is 3.62. The molecule has 9 heteroatoms. The number of aromatic nitrogens is 5. The van der Waals surface area contributed by atoms with E-state index in [0.717, 1.165) is 36.3 Å². The minimum atomic E-state index is 0.456. The summed E-state index contributed by atoms with van der Waals surface area (Å²) in [6.07, 6.45) is 0.837. The molecule has 0 atom stereocenters. The van der Waals surface area contributed by atoms with Crippen molar-refractivity contribution in [2.75, 3.05) is 42.3 Å². The molecule has 0 aliphatic heterocycles. The van der Waals surface area contributed by atoms with Crippen molar-refractivity contribution >= 4 is 34.8 Å². The molecule has 0 aliphatic rings. The largest absolute Gasteiger partial charge is 0.497 e. The minimum absolute atomic E-state index is 0.456. The van der Waals surface area contributed by atoms with Crippen molar-refractivity contribution in [2.24, 2.45) is 7.05 Å². The quantitative estimate of drug-likeness (QED) is 0.377. The molecule has 2 heterocycles. The lowest BCUT2D eigenvalue weighted by Crippen LogP contribution is -2.25. The smallest absolute Gasteiger partial charge is 0.236 e. The van der Waals surface area contributed by atoms with Gasteiger partial charge >= 0.3 is 0 Å². The third-order valence-electron chi connectivity index (χ3n) is 5.54. The Morgan fingerprint density at radius 1 is 0.909 bits per heavy atom. The Labute approximate surface area is 193 Å². The van der Waals surface area contributed by atoms with Gasteiger partial charge < -0.3 is 19.5 Å². The Morgan fingerprint density at radius 2 is 1.64 bits per heavy atom. The van der Waals surface area contributed by atoms with Crippen molar-refractivity contribution in [1.29, 1.82) is 0 Å². The van der Waals surface area contributed by atoms with Crippen molar-refractivity contribution in [1.82, 2.24) is 24.5 Å². The highest BCUT2D eigenvalue weighted by atomic mass is 16.5. The molecule has 0 saturated heterocycles. The van der Waals surface area contributed by atoms with Crippen LogP contribution >= 0.6 is 0 Å². The highest BCUT2D eigenvalue weighted by molar-refractivity contribution is 5.79. The average Bonchev–Trinajstić information content (AvgIpc) is 3.15. The van der Waals surface area contributed by atoms with Gasteiger partial charge in [0.05, 0.1) is 18.1 Å². The number of benzene rings is 2. The van der Waals surface area contributed by atoms with E-state index in [0.29, 0.717) is 30.3 Å². The molecule has 9 nitrogen and oxygen atoms in total. The van der Waals surface area contributed by atoms with Crippen molar-refractivity contribution in [3.05, 3.63) is 54.1 Å². The van der Waals surface area contributed by atoms with Crippen LogP contribution < -0.4 is 20.3 Å². The molecule has 4 rings (SSSR count). The molecule has 0 saturated carbocycles. The predicted octanol–water partition coefficient (Wildman–Crippen LogP) is 4.01. The van der Waals surface area contributed by atoms with E-state index < -0.39 is 0 Å². The first kappa shape index (κ1) is 22.3. The Balaban J connectivity index is 1.55. The molecule has 0 amide bonds. The number of nitrogens with one attached hydrogen (secondary N) is 2. The van der Waals surface area contributed by atoms with Gasteiger partial charge in [-0.25, -0.2) is 4.98 Å². The third-order valence-corrected chi connectivity index (χ3v) is 5.54. The van der Waals surface area contributed by atoms with Crippen LogP contribution in [0, 0.1) is 0 Å². The summed E-state index contributed by atoms with van der Waals surface area (Å²) in [6, 6.07) is 16.1. The van der Waals surface area contributed by atoms with Gasteiger partial charge in [0.1, 0.15) is 5.75 Å². The van der Waals surface area contributed by atoms with Crippen LogP contribution in [0.3, 0.4) is 0 Å². The van der Waals surface area contributed by atoms with Gasteiger partial charge in [0.15, 0.2) is 0 Å². The highest BCUT2D eigenvalue weighted by Crippen LogP contribution is 2.21. The van der Waals surface area contributed by atoms with E-state index in [-0.39, 0.29) is 0 Å². The zero-order valence-electron chi connectivity index (χ0n) is 19.5. The van der Waals surface area contributed by atoms with E-state index in [1.807, 2.05) is 48.0 Å². The number of para-hydroxylation sites is 2. The van der Waals surface area contributed by atoms with Crippen LogP contribution in [0.1, 0.15) is 19.4 Å². The van der Waals surface area contributed by atoms with Gasteiger partial charge in [-0.2, -0.15) is 15.0 Å². The van der Waals surface area contributed by atoms with E-state index in [2.05, 4.69) is 61.4 Å². The fourth-order valence-corrected chi connectivity index (χ4v) is 3.62. The average molecular weight is 447 g/mol. The number of aryl methyl sites for hydroxylation is 1. The van der Waals surface area contributed by atoms with Crippen LogP contribution in [0.25, 0.3) is 11.0 Å². The topological polar surface area (TPSA) is 93.0 Å². The van der Waals surface area contributed by atoms with Gasteiger partial charge in [-0.05, 0) is 50.1 Å². The van der Waals surface area contributed by atoms with Crippen LogP contribution in [0.5, 0.6) is 5.75 Å². The van der Waals surface area contributed by atoms with Crippen LogP contribution in [0.15, 0.2) is 48.5 Å². The summed E-state index contributed by atoms with van der Waals surface area (Å²) in [5.74, 6) is 3.14. The first-order valence-corrected chi connectivity index (χ1v) is 11.2. The first-order valence-electron chi connectivity index (χ1n) is 11.2. The monoisotopic (exact) mass is 446 g/mol. The fraction of sp³-hybridized carbons (Fsp3) is 0.333. The number of imidazole rings is 1. The summed E-state index contributed by atoms with van der Waals surface area (Å²) >= 11 is 0. The number of fused-ring (bicyclic) bond motifs is 1. The van der Waals surface area contributed by atoms with Crippen LogP contribution in [-0.2, 0) is 13.5 Å². The Bertz CT molecular complexity index is 1200. The minimum Gasteiger partial charge on any atom is -0.497 e. The molecule has 0 unspecified atom stereocenters. The summed E-state index contributed by atoms with van der Waals surface area (Å²) in [6.45, 7) is 6.47. The number of hydrogen-bond donors (Lipinski definition) is 2. The lowest BCUT2D eigenvalue weighted by molar-refractivity contribution is 0.414. The molecule has 2 aromatic carbocycles. The van der Waals surface area contributed by atoms with Gasteiger partial charge in [0.25, 0.3) is 0 Å². The van der Waals surface area contributed by atoms with E-state index >= 15 is 0 Å². The third kappa shape index (κ3) is 5.14. The van der Waals surface area contributed by atoms with Gasteiger partial charge in [-0.15, -0.1) is 0 Å². The molecule has 0 radical (unpaired) electrons. The van der Waals surface area contributed by atoms with Crippen LogP contribution in [0.4, 0.5) is 23.8 Å². The maximum Gasteiger partial charge on any atom is 0.236 e. The zero-order chi connectivity index (χ0) is 23.2. The SMILES string of the molecule is CCN(CC)c1nc(NCCc2ccc(OC)cc2)nc(Nc2nc3ccccc3n2C)n1. The summed E-state index contributed by atoms with van der Waals surface area (Å²) in [4.78, 5) is 20.7. The predicted molar refractivity (Wildman–Crippen MR) is 133 cm³/mol. The van der Waals surface area contributed by atoms with Crippen molar-refractivity contribution in [3.63, 3.8) is 0 Å². The van der Waals surface area contributed by atoms with Crippen molar-refractivity contribution < 1.29 is 4.74 Å². The number of ether oxygens (including phenoxy) is 1. The van der Waals surface area contributed by atoms with Crippen molar-refractivity contribution in [2.45, 2.75) is 20.3 Å². The number of anilines is 4. The molecule has 0 spiro atoms. The molecule has 2 N–H and O–H groups in total. The molecular formula is C24H30N8O. The lowest BCUT2D eigenvalue weighted by Gasteiger charge is -2.19. The van der Waals surface area contributed by atoms with Crippen LogP contribution in [0.2, 0.25) is 0 Å². The normalized spacial score (nSPS) is 10.9. The maximum absolute atomic E-state index is 5.23. The lowest BCUT2D eigenvalue weighted by atomic mass is 10.1. The molecule has 2 aromatic heterocycles. The molecule has 0 aliphatic carbocycles. The summed E-state index contributed by atoms with van der Waals surface area (Å²) in [5, 5.41) is 6.62. The van der Waals surface area contributed by atoms with E-state index in [1.54, 1.807) is 7.11 Å². The molecule has 33 heavy (non-hydrogen) atoms. The standard InChI is InChI=1S/C24H30N8O/c1-5-32(6-2)24-28-21(25-16-15-17-11-13-18(33-4)14-12-17)27-22(30-24)29-23-26-19-9-7-8-10-20(19)31(23)3/h7-14H,5-6,15-16H2,1-4H3,(H2,25,26,27,28,29,30). The van der Waals surface area contributed by atoms with E-state index in [1.165, 1.54) is 5.56 Å². The highest BCUT2D eigenvalue weighted by Gasteiger charge is 2.14. The molecular weight excluding hydrogens is 416 g/mol. The second kappa shape index (κ2) is 10.2. The Hall–Kier alpha value is -3.88.